The highest BCUT2D eigenvalue weighted by molar-refractivity contribution is 6.29. The Balaban J connectivity index is 1.94. The second-order valence-electron chi connectivity index (χ2n) is 5.33. The average Bonchev–Trinajstić information content (AvgIpc) is 2.29. The molecule has 2 rings (SSSR count). The second-order valence-corrected chi connectivity index (χ2v) is 5.71. The maximum atomic E-state index is 5.91. The maximum absolute atomic E-state index is 5.91. The lowest BCUT2D eigenvalue weighted by Gasteiger charge is -2.34. The van der Waals surface area contributed by atoms with Crippen molar-refractivity contribution in [3.05, 3.63) is 29.0 Å². The topological polar surface area (TPSA) is 16.1 Å². The van der Waals surface area contributed by atoms with E-state index in [1.807, 2.05) is 6.07 Å². The summed E-state index contributed by atoms with van der Waals surface area (Å²) in [7, 11) is 2.22. The van der Waals surface area contributed by atoms with Gasteiger partial charge >= 0.3 is 0 Å². The van der Waals surface area contributed by atoms with Crippen LogP contribution in [0.25, 0.3) is 0 Å². The van der Waals surface area contributed by atoms with Crippen molar-refractivity contribution in [2.75, 3.05) is 7.05 Å². The molecule has 0 aromatic carbocycles. The van der Waals surface area contributed by atoms with E-state index in [-0.39, 0.29) is 0 Å². The molecule has 0 bridgehead atoms. The average molecular weight is 253 g/mol. The van der Waals surface area contributed by atoms with Crippen molar-refractivity contribution in [3.8, 4) is 0 Å². The van der Waals surface area contributed by atoms with Crippen LogP contribution in [0, 0.1) is 5.92 Å². The van der Waals surface area contributed by atoms with Crippen molar-refractivity contribution < 1.29 is 0 Å². The first-order valence-electron chi connectivity index (χ1n) is 6.46. The summed E-state index contributed by atoms with van der Waals surface area (Å²) < 4.78 is 0. The molecule has 2 atom stereocenters. The molecule has 1 aliphatic rings. The molecule has 1 aromatic heterocycles. The van der Waals surface area contributed by atoms with Gasteiger partial charge in [-0.3, -0.25) is 4.90 Å². The summed E-state index contributed by atoms with van der Waals surface area (Å²) in [5.41, 5.74) is 1.26. The fourth-order valence-corrected chi connectivity index (χ4v) is 2.96. The van der Waals surface area contributed by atoms with Crippen LogP contribution in [-0.2, 0) is 6.54 Å². The predicted octanol–water partition coefficient (Wildman–Crippen LogP) is 3.75. The molecule has 1 saturated carbocycles. The maximum Gasteiger partial charge on any atom is 0.129 e. The summed E-state index contributed by atoms with van der Waals surface area (Å²) in [4.78, 5) is 6.48. The Labute approximate surface area is 109 Å². The van der Waals surface area contributed by atoms with Crippen molar-refractivity contribution in [3.63, 3.8) is 0 Å². The molecule has 1 heterocycles. The van der Waals surface area contributed by atoms with Crippen molar-refractivity contribution in [2.45, 2.75) is 45.2 Å². The first-order valence-corrected chi connectivity index (χ1v) is 6.83. The third-order valence-electron chi connectivity index (χ3n) is 3.76. The van der Waals surface area contributed by atoms with Crippen LogP contribution >= 0.6 is 11.6 Å². The van der Waals surface area contributed by atoms with Gasteiger partial charge in [0.25, 0.3) is 0 Å². The summed E-state index contributed by atoms with van der Waals surface area (Å²) in [5.74, 6) is 0.872. The van der Waals surface area contributed by atoms with Crippen LogP contribution in [0.5, 0.6) is 0 Å². The quantitative estimate of drug-likeness (QED) is 0.762. The minimum atomic E-state index is 0.591. The molecule has 3 heteroatoms. The first-order chi connectivity index (χ1) is 8.15. The van der Waals surface area contributed by atoms with E-state index in [0.29, 0.717) is 5.15 Å². The largest absolute Gasteiger partial charge is 0.299 e. The molecule has 2 nitrogen and oxygen atoms in total. The Kier molecular flexibility index (Phi) is 4.41. The zero-order valence-corrected chi connectivity index (χ0v) is 11.5. The summed E-state index contributed by atoms with van der Waals surface area (Å²) in [6.45, 7) is 3.34. The van der Waals surface area contributed by atoms with E-state index in [1.165, 1.54) is 31.2 Å². The van der Waals surface area contributed by atoms with Gasteiger partial charge in [-0.1, -0.05) is 31.4 Å². The highest BCUT2D eigenvalue weighted by atomic mass is 35.5. The lowest BCUT2D eigenvalue weighted by atomic mass is 9.86. The van der Waals surface area contributed by atoms with Gasteiger partial charge in [0.1, 0.15) is 5.15 Å². The molecule has 0 aliphatic heterocycles. The van der Waals surface area contributed by atoms with Crippen LogP contribution in [0.1, 0.15) is 38.2 Å². The van der Waals surface area contributed by atoms with E-state index in [1.54, 1.807) is 6.20 Å². The summed E-state index contributed by atoms with van der Waals surface area (Å²) >= 11 is 5.91. The lowest BCUT2D eigenvalue weighted by Crippen LogP contribution is -2.35. The van der Waals surface area contributed by atoms with Crippen LogP contribution in [-0.4, -0.2) is 23.0 Å². The zero-order valence-electron chi connectivity index (χ0n) is 10.7. The number of hydrogen-bond donors (Lipinski definition) is 0. The fourth-order valence-electron chi connectivity index (χ4n) is 2.76. The summed E-state index contributed by atoms with van der Waals surface area (Å²) in [5, 5.41) is 0.591. The van der Waals surface area contributed by atoms with Gasteiger partial charge in [-0.05, 0) is 43.5 Å². The zero-order chi connectivity index (χ0) is 12.3. The minimum Gasteiger partial charge on any atom is -0.299 e. The Morgan fingerprint density at radius 1 is 1.47 bits per heavy atom. The van der Waals surface area contributed by atoms with Crippen molar-refractivity contribution in [2.24, 2.45) is 5.92 Å². The SMILES string of the molecule is CC1CCCC(N(C)Cc2ccnc(Cl)c2)C1. The number of pyridine rings is 1. The van der Waals surface area contributed by atoms with E-state index >= 15 is 0 Å². The smallest absolute Gasteiger partial charge is 0.129 e. The molecule has 0 amide bonds. The fraction of sp³-hybridized carbons (Fsp3) is 0.643. The van der Waals surface area contributed by atoms with E-state index in [4.69, 9.17) is 11.6 Å². The lowest BCUT2D eigenvalue weighted by molar-refractivity contribution is 0.157. The van der Waals surface area contributed by atoms with Crippen LogP contribution in [0.2, 0.25) is 5.15 Å². The van der Waals surface area contributed by atoms with Crippen molar-refractivity contribution in [1.29, 1.82) is 0 Å². The van der Waals surface area contributed by atoms with Gasteiger partial charge in [-0.2, -0.15) is 0 Å². The van der Waals surface area contributed by atoms with Crippen molar-refractivity contribution >= 4 is 11.6 Å². The van der Waals surface area contributed by atoms with Crippen LogP contribution < -0.4 is 0 Å². The number of aromatic nitrogens is 1. The van der Waals surface area contributed by atoms with Gasteiger partial charge in [0.2, 0.25) is 0 Å². The standard InChI is InChI=1S/C14H21ClN2/c1-11-4-3-5-13(8-11)17(2)10-12-6-7-16-14(15)9-12/h6-7,9,11,13H,3-5,8,10H2,1-2H3. The van der Waals surface area contributed by atoms with Crippen molar-refractivity contribution in [1.82, 2.24) is 9.88 Å². The molecule has 0 saturated heterocycles. The third kappa shape index (κ3) is 3.68. The predicted molar refractivity (Wildman–Crippen MR) is 72.1 cm³/mol. The molecular weight excluding hydrogens is 232 g/mol. The molecule has 2 unspecified atom stereocenters. The normalized spacial score (nSPS) is 25.2. The molecule has 0 radical (unpaired) electrons. The monoisotopic (exact) mass is 252 g/mol. The number of rotatable bonds is 3. The van der Waals surface area contributed by atoms with Crippen LogP contribution in [0.15, 0.2) is 18.3 Å². The Morgan fingerprint density at radius 2 is 2.29 bits per heavy atom. The molecule has 0 spiro atoms. The number of hydrogen-bond acceptors (Lipinski definition) is 2. The van der Waals surface area contributed by atoms with Gasteiger partial charge in [0, 0.05) is 18.8 Å². The Hall–Kier alpha value is -0.600. The molecular formula is C14H21ClN2. The Morgan fingerprint density at radius 3 is 3.00 bits per heavy atom. The third-order valence-corrected chi connectivity index (χ3v) is 3.96. The van der Waals surface area contributed by atoms with Gasteiger partial charge in [-0.25, -0.2) is 4.98 Å². The Bertz CT molecular complexity index is 367. The van der Waals surface area contributed by atoms with E-state index in [2.05, 4.69) is 29.9 Å². The molecule has 94 valence electrons. The van der Waals surface area contributed by atoms with E-state index < -0.39 is 0 Å². The number of halogens is 1. The molecule has 0 N–H and O–H groups in total. The minimum absolute atomic E-state index is 0.591. The van der Waals surface area contributed by atoms with Gasteiger partial charge in [0.05, 0.1) is 0 Å². The highest BCUT2D eigenvalue weighted by Crippen LogP contribution is 2.27. The molecule has 1 aliphatic carbocycles. The second kappa shape index (κ2) is 5.83. The summed E-state index contributed by atoms with van der Waals surface area (Å²) in [6.07, 6.45) is 7.21. The molecule has 1 fully saturated rings. The summed E-state index contributed by atoms with van der Waals surface area (Å²) in [6, 6.07) is 4.74. The van der Waals surface area contributed by atoms with Gasteiger partial charge in [-0.15, -0.1) is 0 Å². The van der Waals surface area contributed by atoms with Crippen LogP contribution in [0.4, 0.5) is 0 Å². The first kappa shape index (κ1) is 12.8. The van der Waals surface area contributed by atoms with E-state index in [0.717, 1.165) is 18.5 Å². The highest BCUT2D eigenvalue weighted by Gasteiger charge is 2.22. The van der Waals surface area contributed by atoms with Crippen LogP contribution in [0.3, 0.4) is 0 Å². The molecule has 17 heavy (non-hydrogen) atoms. The van der Waals surface area contributed by atoms with Gasteiger partial charge < -0.3 is 0 Å². The van der Waals surface area contributed by atoms with Gasteiger partial charge in [0.15, 0.2) is 0 Å². The molecule has 1 aromatic rings. The number of nitrogens with zero attached hydrogens (tertiary/aromatic N) is 2. The van der Waals surface area contributed by atoms with E-state index in [9.17, 15) is 0 Å².